The van der Waals surface area contributed by atoms with Crippen LogP contribution in [0.4, 0.5) is 5.00 Å². The molecule has 26 heavy (non-hydrogen) atoms. The zero-order valence-corrected chi connectivity index (χ0v) is 18.9. The molecule has 3 N–H and O–H groups in total. The van der Waals surface area contributed by atoms with Crippen LogP contribution < -0.4 is 20.9 Å². The van der Waals surface area contributed by atoms with Crippen LogP contribution in [0.5, 0.6) is 0 Å². The Morgan fingerprint density at radius 3 is 2.69 bits per heavy atom. The molecule has 0 saturated carbocycles. The van der Waals surface area contributed by atoms with Crippen LogP contribution in [-0.2, 0) is 4.79 Å². The van der Waals surface area contributed by atoms with Crippen LogP contribution in [0, 0.1) is 0 Å². The Morgan fingerprint density at radius 2 is 2.08 bits per heavy atom. The number of amides is 1. The molecule has 1 aliphatic heterocycles. The molecule has 0 aliphatic carbocycles. The number of thiophene rings is 1. The van der Waals surface area contributed by atoms with Crippen molar-refractivity contribution in [2.24, 2.45) is 4.99 Å². The largest absolute Gasteiger partial charge is 0.363 e. The van der Waals surface area contributed by atoms with Gasteiger partial charge in [0.2, 0.25) is 5.91 Å². The summed E-state index contributed by atoms with van der Waals surface area (Å²) < 4.78 is 0. The Bertz CT molecular complexity index is 530. The highest BCUT2D eigenvalue weighted by Gasteiger charge is 2.20. The topological polar surface area (TPSA) is 68.8 Å². The third-order valence-corrected chi connectivity index (χ3v) is 5.11. The fourth-order valence-corrected chi connectivity index (χ4v) is 3.61. The van der Waals surface area contributed by atoms with E-state index in [4.69, 9.17) is 0 Å². The first kappa shape index (κ1) is 23.0. The number of carbonyl (C=O) groups excluding carboxylic acids is 1. The first-order valence-corrected chi connectivity index (χ1v) is 10.2. The van der Waals surface area contributed by atoms with Crippen LogP contribution in [0.1, 0.15) is 39.5 Å². The molecule has 0 spiro atoms. The van der Waals surface area contributed by atoms with Gasteiger partial charge in [-0.15, -0.1) is 35.3 Å². The van der Waals surface area contributed by atoms with Crippen molar-refractivity contribution in [3.63, 3.8) is 0 Å². The van der Waals surface area contributed by atoms with Crippen molar-refractivity contribution in [2.45, 2.75) is 45.6 Å². The van der Waals surface area contributed by atoms with Crippen LogP contribution >= 0.6 is 35.3 Å². The van der Waals surface area contributed by atoms with Gasteiger partial charge < -0.3 is 20.9 Å². The Labute approximate surface area is 178 Å². The highest BCUT2D eigenvalue weighted by atomic mass is 127. The number of piperidine rings is 1. The fourth-order valence-electron chi connectivity index (χ4n) is 2.83. The normalized spacial score (nSPS) is 15.3. The highest BCUT2D eigenvalue weighted by Crippen LogP contribution is 2.24. The number of halogens is 1. The van der Waals surface area contributed by atoms with Gasteiger partial charge in [0.1, 0.15) is 0 Å². The van der Waals surface area contributed by atoms with Gasteiger partial charge in [-0.05, 0) is 43.7 Å². The number of anilines is 1. The van der Waals surface area contributed by atoms with E-state index in [1.165, 1.54) is 5.00 Å². The lowest BCUT2D eigenvalue weighted by Gasteiger charge is -2.33. The molecular formula is C18H32IN5OS. The lowest BCUT2D eigenvalue weighted by Crippen LogP contribution is -2.48. The van der Waals surface area contributed by atoms with E-state index in [-0.39, 0.29) is 29.9 Å². The lowest BCUT2D eigenvalue weighted by atomic mass is 10.1. The van der Waals surface area contributed by atoms with Crippen molar-refractivity contribution in [3.05, 3.63) is 17.5 Å². The Hall–Kier alpha value is -1.03. The van der Waals surface area contributed by atoms with Gasteiger partial charge in [0.05, 0.1) is 11.5 Å². The summed E-state index contributed by atoms with van der Waals surface area (Å²) in [4.78, 5) is 18.7. The summed E-state index contributed by atoms with van der Waals surface area (Å²) >= 11 is 1.80. The molecule has 1 aromatic rings. The summed E-state index contributed by atoms with van der Waals surface area (Å²) in [5.41, 5.74) is 0. The Morgan fingerprint density at radius 1 is 1.31 bits per heavy atom. The number of hydrogen-bond donors (Lipinski definition) is 3. The minimum absolute atomic E-state index is 0. The highest BCUT2D eigenvalue weighted by molar-refractivity contribution is 14.0. The van der Waals surface area contributed by atoms with E-state index in [1.54, 1.807) is 11.3 Å². The molecule has 6 nitrogen and oxygen atoms in total. The van der Waals surface area contributed by atoms with E-state index in [2.05, 4.69) is 57.2 Å². The number of carbonyl (C=O) groups is 1. The van der Waals surface area contributed by atoms with Crippen LogP contribution in [0.25, 0.3) is 0 Å². The number of rotatable bonds is 8. The second-order valence-corrected chi connectivity index (χ2v) is 7.14. The third kappa shape index (κ3) is 8.11. The second-order valence-electron chi connectivity index (χ2n) is 6.22. The second kappa shape index (κ2) is 13.2. The molecule has 0 unspecified atom stereocenters. The molecule has 1 aliphatic rings. The van der Waals surface area contributed by atoms with Gasteiger partial charge in [-0.3, -0.25) is 9.79 Å². The molecule has 148 valence electrons. The zero-order chi connectivity index (χ0) is 17.9. The monoisotopic (exact) mass is 493 g/mol. The van der Waals surface area contributed by atoms with E-state index in [0.29, 0.717) is 19.0 Å². The Balaban J connectivity index is 0.00000338. The van der Waals surface area contributed by atoms with Crippen molar-refractivity contribution >= 4 is 52.2 Å². The van der Waals surface area contributed by atoms with Crippen LogP contribution in [-0.4, -0.2) is 50.6 Å². The SMILES string of the molecule is CCCNC(=O)CCN=C(NCC)NC1CCN(c2cccs2)CC1.I. The number of guanidine groups is 1. The molecule has 0 bridgehead atoms. The fraction of sp³-hybridized carbons (Fsp3) is 0.667. The van der Waals surface area contributed by atoms with Gasteiger partial charge >= 0.3 is 0 Å². The molecule has 0 radical (unpaired) electrons. The van der Waals surface area contributed by atoms with Gasteiger partial charge in [0.15, 0.2) is 5.96 Å². The number of nitrogens with one attached hydrogen (secondary N) is 3. The van der Waals surface area contributed by atoms with E-state index in [1.807, 2.05) is 0 Å². The molecule has 1 aromatic heterocycles. The first-order valence-electron chi connectivity index (χ1n) is 9.33. The van der Waals surface area contributed by atoms with E-state index in [0.717, 1.165) is 51.4 Å². The van der Waals surface area contributed by atoms with Gasteiger partial charge in [0.25, 0.3) is 0 Å². The first-order chi connectivity index (χ1) is 12.2. The van der Waals surface area contributed by atoms with Gasteiger partial charge in [-0.1, -0.05) is 6.92 Å². The van der Waals surface area contributed by atoms with Crippen LogP contribution in [0.15, 0.2) is 22.5 Å². The summed E-state index contributed by atoms with van der Waals surface area (Å²) in [7, 11) is 0. The molecule has 1 fully saturated rings. The zero-order valence-electron chi connectivity index (χ0n) is 15.8. The smallest absolute Gasteiger partial charge is 0.221 e. The van der Waals surface area contributed by atoms with E-state index < -0.39 is 0 Å². The number of nitrogens with zero attached hydrogens (tertiary/aromatic N) is 2. The van der Waals surface area contributed by atoms with Gasteiger partial charge in [0, 0.05) is 38.6 Å². The van der Waals surface area contributed by atoms with Crippen LogP contribution in [0.2, 0.25) is 0 Å². The maximum atomic E-state index is 11.7. The predicted octanol–water partition coefficient (Wildman–Crippen LogP) is 2.81. The summed E-state index contributed by atoms with van der Waals surface area (Å²) in [6.45, 7) is 8.32. The Kier molecular flexibility index (Phi) is 11.7. The van der Waals surface area contributed by atoms with Crippen molar-refractivity contribution in [3.8, 4) is 0 Å². The summed E-state index contributed by atoms with van der Waals surface area (Å²) in [6, 6.07) is 4.73. The molecule has 2 rings (SSSR count). The quantitative estimate of drug-likeness (QED) is 0.296. The summed E-state index contributed by atoms with van der Waals surface area (Å²) in [5, 5.41) is 13.2. The van der Waals surface area contributed by atoms with Gasteiger partial charge in [-0.2, -0.15) is 0 Å². The van der Waals surface area contributed by atoms with Crippen LogP contribution in [0.3, 0.4) is 0 Å². The molecule has 2 heterocycles. The third-order valence-electron chi connectivity index (χ3n) is 4.18. The predicted molar refractivity (Wildman–Crippen MR) is 122 cm³/mol. The van der Waals surface area contributed by atoms with Crippen molar-refractivity contribution in [1.82, 2.24) is 16.0 Å². The number of aliphatic imine (C=N–C) groups is 1. The summed E-state index contributed by atoms with van der Waals surface area (Å²) in [6.07, 6.45) is 3.59. The van der Waals surface area contributed by atoms with Gasteiger partial charge in [-0.25, -0.2) is 0 Å². The minimum atomic E-state index is 0. The molecular weight excluding hydrogens is 461 g/mol. The molecule has 0 atom stereocenters. The molecule has 8 heteroatoms. The average molecular weight is 493 g/mol. The molecule has 1 saturated heterocycles. The van der Waals surface area contributed by atoms with Crippen molar-refractivity contribution < 1.29 is 4.79 Å². The van der Waals surface area contributed by atoms with Crippen molar-refractivity contribution in [2.75, 3.05) is 37.6 Å². The molecule has 0 aromatic carbocycles. The van der Waals surface area contributed by atoms with Crippen molar-refractivity contribution in [1.29, 1.82) is 0 Å². The maximum absolute atomic E-state index is 11.7. The minimum Gasteiger partial charge on any atom is -0.363 e. The summed E-state index contributed by atoms with van der Waals surface area (Å²) in [5.74, 6) is 0.895. The molecule has 1 amide bonds. The number of hydrogen-bond acceptors (Lipinski definition) is 4. The van der Waals surface area contributed by atoms with E-state index >= 15 is 0 Å². The average Bonchev–Trinajstić information content (AvgIpc) is 3.15. The lowest BCUT2D eigenvalue weighted by molar-refractivity contribution is -0.120. The maximum Gasteiger partial charge on any atom is 0.221 e. The standard InChI is InChI=1S/C18H31N5OS.HI/c1-3-10-20-16(24)7-11-21-18(19-4-2)22-15-8-12-23(13-9-15)17-6-5-14-25-17;/h5-6,14-15H,3-4,7-13H2,1-2H3,(H,20,24)(H2,19,21,22);1H. The van der Waals surface area contributed by atoms with E-state index in [9.17, 15) is 4.79 Å².